The average molecular weight is 404 g/mol. The molecule has 0 saturated heterocycles. The number of primary amides is 1. The van der Waals surface area contributed by atoms with Crippen LogP contribution in [0.3, 0.4) is 0 Å². The van der Waals surface area contributed by atoms with Crippen molar-refractivity contribution in [2.75, 3.05) is 0 Å². The van der Waals surface area contributed by atoms with Gasteiger partial charge in [0.05, 0.1) is 6.04 Å². The van der Waals surface area contributed by atoms with Crippen molar-refractivity contribution in [3.8, 4) is 0 Å². The molecule has 3 aromatic rings. The van der Waals surface area contributed by atoms with Gasteiger partial charge in [-0.3, -0.25) is 20.1 Å². The Kier molecular flexibility index (Phi) is 5.65. The zero-order chi connectivity index (χ0) is 21.1. The highest BCUT2D eigenvalue weighted by molar-refractivity contribution is 5.90. The highest BCUT2D eigenvalue weighted by Crippen LogP contribution is 2.33. The number of aromatic amines is 1. The van der Waals surface area contributed by atoms with Crippen molar-refractivity contribution in [2.45, 2.75) is 31.3 Å². The Morgan fingerprint density at radius 2 is 2.10 bits per heavy atom. The molecule has 154 valence electrons. The number of nitrogens with two attached hydrogens (primary N) is 1. The Balaban J connectivity index is 1.50. The predicted octanol–water partition coefficient (Wildman–Crippen LogP) is 2.36. The van der Waals surface area contributed by atoms with E-state index in [0.717, 1.165) is 40.4 Å². The number of hydroxylamine groups is 1. The number of carbonyl (C=O) groups excluding carboxylic acids is 2. The van der Waals surface area contributed by atoms with Crippen LogP contribution in [-0.4, -0.2) is 28.0 Å². The van der Waals surface area contributed by atoms with Crippen LogP contribution in [0.15, 0.2) is 54.7 Å². The Bertz CT molecular complexity index is 1120. The Morgan fingerprint density at radius 3 is 2.90 bits per heavy atom. The summed E-state index contributed by atoms with van der Waals surface area (Å²) in [6.07, 6.45) is 7.12. The zero-order valence-corrected chi connectivity index (χ0v) is 16.4. The molecule has 1 heterocycles. The van der Waals surface area contributed by atoms with E-state index in [1.807, 2.05) is 48.7 Å². The molecule has 6 N–H and O–H groups in total. The number of aromatic nitrogens is 1. The second kappa shape index (κ2) is 8.52. The normalized spacial score (nSPS) is 16.6. The lowest BCUT2D eigenvalue weighted by molar-refractivity contribution is -0.124. The summed E-state index contributed by atoms with van der Waals surface area (Å²) in [5.74, 6) is -0.945. The lowest BCUT2D eigenvalue weighted by Gasteiger charge is -2.21. The largest absolute Gasteiger partial charge is 0.368 e. The zero-order valence-electron chi connectivity index (χ0n) is 16.4. The van der Waals surface area contributed by atoms with Gasteiger partial charge in [0.25, 0.3) is 5.91 Å². The third-order valence-electron chi connectivity index (χ3n) is 5.63. The van der Waals surface area contributed by atoms with Gasteiger partial charge < -0.3 is 10.7 Å². The number of hydrogen-bond acceptors (Lipinski definition) is 4. The molecule has 1 aliphatic carbocycles. The highest BCUT2D eigenvalue weighted by Gasteiger charge is 2.27. The minimum atomic E-state index is -0.573. The van der Waals surface area contributed by atoms with E-state index in [1.165, 1.54) is 11.6 Å². The summed E-state index contributed by atoms with van der Waals surface area (Å²) in [5.41, 5.74) is 12.6. The standard InChI is InChI=1S/C23H24N4O3/c24-23(29)21(12-16-13-25-19-4-2-1-3-17(16)19)26-20-9-7-15-11-14(5-8-18(15)20)6-10-22(28)27-30/h1-6,8,10-11,13,20-21,25-26,30H,7,9,12H2,(H2,24,29)(H,27,28)/b10-6+. The summed E-state index contributed by atoms with van der Waals surface area (Å²) in [7, 11) is 0. The first-order chi connectivity index (χ1) is 14.5. The smallest absolute Gasteiger partial charge is 0.267 e. The molecule has 1 aromatic heterocycles. The molecule has 7 heteroatoms. The third-order valence-corrected chi connectivity index (χ3v) is 5.63. The van der Waals surface area contributed by atoms with E-state index >= 15 is 0 Å². The second-order valence-corrected chi connectivity index (χ2v) is 7.54. The van der Waals surface area contributed by atoms with Gasteiger partial charge in [0, 0.05) is 29.2 Å². The number of benzene rings is 2. The molecule has 2 aromatic carbocycles. The van der Waals surface area contributed by atoms with Gasteiger partial charge in [0.15, 0.2) is 0 Å². The summed E-state index contributed by atoms with van der Waals surface area (Å²) in [5, 5.41) is 13.1. The molecule has 2 unspecified atom stereocenters. The van der Waals surface area contributed by atoms with Crippen LogP contribution >= 0.6 is 0 Å². The van der Waals surface area contributed by atoms with Gasteiger partial charge in [-0.2, -0.15) is 0 Å². The van der Waals surface area contributed by atoms with Gasteiger partial charge in [-0.25, -0.2) is 5.48 Å². The van der Waals surface area contributed by atoms with Crippen molar-refractivity contribution < 1.29 is 14.8 Å². The number of aryl methyl sites for hydroxylation is 1. The maximum Gasteiger partial charge on any atom is 0.267 e. The van der Waals surface area contributed by atoms with Crippen molar-refractivity contribution in [1.82, 2.24) is 15.8 Å². The molecule has 0 fully saturated rings. The van der Waals surface area contributed by atoms with Crippen LogP contribution in [0.1, 0.15) is 34.7 Å². The lowest BCUT2D eigenvalue weighted by Crippen LogP contribution is -2.44. The predicted molar refractivity (Wildman–Crippen MR) is 115 cm³/mol. The van der Waals surface area contributed by atoms with E-state index in [-0.39, 0.29) is 11.9 Å². The van der Waals surface area contributed by atoms with Gasteiger partial charge in [0.1, 0.15) is 0 Å². The van der Waals surface area contributed by atoms with Crippen LogP contribution < -0.4 is 16.5 Å². The first-order valence-electron chi connectivity index (χ1n) is 9.90. The van der Waals surface area contributed by atoms with Crippen molar-refractivity contribution in [2.24, 2.45) is 5.73 Å². The first kappa shape index (κ1) is 19.9. The maximum atomic E-state index is 12.2. The molecule has 30 heavy (non-hydrogen) atoms. The van der Waals surface area contributed by atoms with Crippen LogP contribution in [0.25, 0.3) is 17.0 Å². The van der Waals surface area contributed by atoms with Crippen LogP contribution in [0.4, 0.5) is 0 Å². The van der Waals surface area contributed by atoms with E-state index in [4.69, 9.17) is 10.9 Å². The fourth-order valence-electron chi connectivity index (χ4n) is 4.13. The van der Waals surface area contributed by atoms with E-state index in [9.17, 15) is 9.59 Å². The van der Waals surface area contributed by atoms with E-state index in [1.54, 1.807) is 11.6 Å². The Morgan fingerprint density at radius 1 is 1.27 bits per heavy atom. The lowest BCUT2D eigenvalue weighted by atomic mass is 10.0. The molecule has 0 bridgehead atoms. The molecule has 4 rings (SSSR count). The molecule has 0 aliphatic heterocycles. The number of carbonyl (C=O) groups is 2. The van der Waals surface area contributed by atoms with Crippen molar-refractivity contribution in [3.05, 3.63) is 77.0 Å². The Labute approximate surface area is 173 Å². The monoisotopic (exact) mass is 404 g/mol. The third kappa shape index (κ3) is 4.12. The van der Waals surface area contributed by atoms with Crippen molar-refractivity contribution in [1.29, 1.82) is 0 Å². The van der Waals surface area contributed by atoms with Gasteiger partial charge in [-0.15, -0.1) is 0 Å². The molecule has 2 amide bonds. The minimum Gasteiger partial charge on any atom is -0.368 e. The van der Waals surface area contributed by atoms with Gasteiger partial charge in [-0.05, 0) is 53.7 Å². The number of hydrogen-bond donors (Lipinski definition) is 5. The van der Waals surface area contributed by atoms with Crippen molar-refractivity contribution >= 4 is 28.8 Å². The number of para-hydroxylation sites is 1. The molecule has 0 spiro atoms. The van der Waals surface area contributed by atoms with Crippen LogP contribution in [-0.2, 0) is 22.4 Å². The van der Waals surface area contributed by atoms with E-state index in [2.05, 4.69) is 10.3 Å². The van der Waals surface area contributed by atoms with Crippen molar-refractivity contribution in [3.63, 3.8) is 0 Å². The molecule has 7 nitrogen and oxygen atoms in total. The molecule has 2 atom stereocenters. The quantitative estimate of drug-likeness (QED) is 0.236. The first-order valence-corrected chi connectivity index (χ1v) is 9.90. The molecule has 1 aliphatic rings. The average Bonchev–Trinajstić information content (AvgIpc) is 3.35. The van der Waals surface area contributed by atoms with Gasteiger partial charge in [-0.1, -0.05) is 36.4 Å². The van der Waals surface area contributed by atoms with E-state index < -0.39 is 11.9 Å². The van der Waals surface area contributed by atoms with Gasteiger partial charge in [0.2, 0.25) is 5.91 Å². The minimum absolute atomic E-state index is 0.0430. The molecular weight excluding hydrogens is 380 g/mol. The maximum absolute atomic E-state index is 12.2. The fraction of sp³-hybridized carbons (Fsp3) is 0.217. The second-order valence-electron chi connectivity index (χ2n) is 7.54. The number of fused-ring (bicyclic) bond motifs is 2. The molecular formula is C23H24N4O3. The summed E-state index contributed by atoms with van der Waals surface area (Å²) < 4.78 is 0. The Hall–Kier alpha value is -3.42. The molecule has 0 saturated carbocycles. The molecule has 0 radical (unpaired) electrons. The number of nitrogens with one attached hydrogen (secondary N) is 3. The number of amides is 2. The summed E-state index contributed by atoms with van der Waals surface area (Å²) in [4.78, 5) is 26.6. The fourth-order valence-corrected chi connectivity index (χ4v) is 4.13. The summed E-state index contributed by atoms with van der Waals surface area (Å²) >= 11 is 0. The summed E-state index contributed by atoms with van der Waals surface area (Å²) in [6.45, 7) is 0. The number of rotatable bonds is 7. The SMILES string of the molecule is NC(=O)C(Cc1c[nH]c2ccccc12)NC1CCc2cc(/C=C/C(=O)NO)ccc21. The van der Waals surface area contributed by atoms with Crippen LogP contribution in [0.2, 0.25) is 0 Å². The van der Waals surface area contributed by atoms with E-state index in [0.29, 0.717) is 6.42 Å². The topological polar surface area (TPSA) is 120 Å². The van der Waals surface area contributed by atoms with Crippen LogP contribution in [0, 0.1) is 0 Å². The van der Waals surface area contributed by atoms with Gasteiger partial charge >= 0.3 is 0 Å². The summed E-state index contributed by atoms with van der Waals surface area (Å²) in [6, 6.07) is 13.5. The number of H-pyrrole nitrogens is 1. The van der Waals surface area contributed by atoms with Crippen LogP contribution in [0.5, 0.6) is 0 Å². The highest BCUT2D eigenvalue weighted by atomic mass is 16.5.